The fraction of sp³-hybridized carbons (Fsp3) is 0.286. The Morgan fingerprint density at radius 3 is 2.88 bits per heavy atom. The molecule has 2 atom stereocenters. The van der Waals surface area contributed by atoms with Crippen LogP contribution in [0.25, 0.3) is 0 Å². The Balaban J connectivity index is 1.55. The molecule has 26 heavy (non-hydrogen) atoms. The van der Waals surface area contributed by atoms with Gasteiger partial charge < -0.3 is 10.2 Å². The first-order chi connectivity index (χ1) is 12.6. The summed E-state index contributed by atoms with van der Waals surface area (Å²) in [6, 6.07) is 13.0. The maximum atomic E-state index is 12.8. The number of carbonyl (C=O) groups excluding carboxylic acids is 1. The molecule has 134 valence electrons. The summed E-state index contributed by atoms with van der Waals surface area (Å²) in [5, 5.41) is 7.44. The van der Waals surface area contributed by atoms with Crippen LogP contribution in [0.1, 0.15) is 32.5 Å². The average molecular weight is 384 g/mol. The number of hydrogen-bond donors (Lipinski definition) is 2. The smallest absolute Gasteiger partial charge is 0.279 e. The number of quaternary nitrogens is 1. The van der Waals surface area contributed by atoms with Crippen LogP contribution in [0.15, 0.2) is 47.2 Å². The van der Waals surface area contributed by atoms with Crippen LogP contribution in [-0.2, 0) is 11.2 Å². The van der Waals surface area contributed by atoms with Crippen molar-refractivity contribution in [1.29, 1.82) is 0 Å². The number of benzene rings is 1. The maximum Gasteiger partial charge on any atom is 0.279 e. The summed E-state index contributed by atoms with van der Waals surface area (Å²) < 4.78 is 0. The molecule has 2 N–H and O–H groups in total. The highest BCUT2D eigenvalue weighted by Crippen LogP contribution is 2.31. The van der Waals surface area contributed by atoms with Crippen molar-refractivity contribution in [3.63, 3.8) is 0 Å². The van der Waals surface area contributed by atoms with Crippen LogP contribution in [0.4, 0.5) is 5.69 Å². The van der Waals surface area contributed by atoms with E-state index in [1.165, 1.54) is 20.2 Å². The van der Waals surface area contributed by atoms with E-state index in [0.29, 0.717) is 6.54 Å². The fourth-order valence-electron chi connectivity index (χ4n) is 3.72. The fourth-order valence-corrected chi connectivity index (χ4v) is 5.54. The zero-order chi connectivity index (χ0) is 18.1. The van der Waals surface area contributed by atoms with Crippen molar-refractivity contribution in [1.82, 2.24) is 0 Å². The van der Waals surface area contributed by atoms with Gasteiger partial charge in [0.15, 0.2) is 6.54 Å². The Labute approximate surface area is 162 Å². The third-order valence-corrected chi connectivity index (χ3v) is 6.99. The molecule has 1 aromatic carbocycles. The maximum absolute atomic E-state index is 12.8. The van der Waals surface area contributed by atoms with E-state index in [2.05, 4.69) is 53.3 Å². The van der Waals surface area contributed by atoms with E-state index in [4.69, 9.17) is 0 Å². The van der Waals surface area contributed by atoms with Crippen LogP contribution >= 0.6 is 22.7 Å². The molecule has 1 aliphatic rings. The van der Waals surface area contributed by atoms with Crippen LogP contribution < -0.4 is 10.2 Å². The second-order valence-electron chi connectivity index (χ2n) is 6.95. The molecular formula is C21H23N2OS2+. The molecule has 0 bridgehead atoms. The lowest BCUT2D eigenvalue weighted by molar-refractivity contribution is -0.919. The summed E-state index contributed by atoms with van der Waals surface area (Å²) in [4.78, 5) is 16.9. The van der Waals surface area contributed by atoms with Crippen molar-refractivity contribution >= 4 is 34.3 Å². The minimum Gasteiger partial charge on any atom is -0.321 e. The third kappa shape index (κ3) is 3.47. The molecule has 1 amide bonds. The normalized spacial score (nSPS) is 19.2. The molecule has 0 radical (unpaired) electrons. The Morgan fingerprint density at radius 2 is 2.08 bits per heavy atom. The minimum atomic E-state index is 0.0916. The molecule has 3 nitrogen and oxygen atoms in total. The molecule has 0 saturated heterocycles. The number of hydrogen-bond acceptors (Lipinski definition) is 3. The molecule has 5 heteroatoms. The summed E-state index contributed by atoms with van der Waals surface area (Å²) in [5.74, 6) is 0.0916. The van der Waals surface area contributed by atoms with Gasteiger partial charge in [-0.25, -0.2) is 0 Å². The van der Waals surface area contributed by atoms with E-state index < -0.39 is 0 Å². The first-order valence-corrected chi connectivity index (χ1v) is 10.7. The molecule has 1 unspecified atom stereocenters. The predicted molar refractivity (Wildman–Crippen MR) is 109 cm³/mol. The third-order valence-electron chi connectivity index (χ3n) is 5.05. The highest BCUT2D eigenvalue weighted by molar-refractivity contribution is 7.10. The number of anilines is 1. The van der Waals surface area contributed by atoms with Gasteiger partial charge in [0.2, 0.25) is 0 Å². The summed E-state index contributed by atoms with van der Waals surface area (Å²) in [5.41, 5.74) is 4.59. The first kappa shape index (κ1) is 17.5. The van der Waals surface area contributed by atoms with Crippen LogP contribution in [0.3, 0.4) is 0 Å². The molecule has 0 aliphatic carbocycles. The van der Waals surface area contributed by atoms with E-state index in [9.17, 15) is 4.79 Å². The average Bonchev–Trinajstić information content (AvgIpc) is 3.29. The van der Waals surface area contributed by atoms with Gasteiger partial charge in [0.25, 0.3) is 5.91 Å². The van der Waals surface area contributed by atoms with Crippen LogP contribution in [0.2, 0.25) is 0 Å². The molecule has 3 heterocycles. The molecule has 2 aromatic heterocycles. The van der Waals surface area contributed by atoms with E-state index >= 15 is 0 Å². The lowest BCUT2D eigenvalue weighted by Gasteiger charge is -2.31. The molecule has 3 aromatic rings. The van der Waals surface area contributed by atoms with E-state index in [-0.39, 0.29) is 11.9 Å². The number of nitrogens with one attached hydrogen (secondary N) is 2. The quantitative estimate of drug-likeness (QED) is 0.709. The lowest BCUT2D eigenvalue weighted by Crippen LogP contribution is -3.14. The van der Waals surface area contributed by atoms with Gasteiger partial charge in [0.05, 0.1) is 11.4 Å². The topological polar surface area (TPSA) is 33.5 Å². The number of rotatable bonds is 4. The van der Waals surface area contributed by atoms with Crippen molar-refractivity contribution in [2.24, 2.45) is 0 Å². The summed E-state index contributed by atoms with van der Waals surface area (Å²) in [6.07, 6.45) is 1.06. The van der Waals surface area contributed by atoms with Gasteiger partial charge in [0, 0.05) is 22.5 Å². The van der Waals surface area contributed by atoms with Crippen LogP contribution in [-0.4, -0.2) is 19.0 Å². The van der Waals surface area contributed by atoms with Gasteiger partial charge in [-0.05, 0) is 53.9 Å². The summed E-state index contributed by atoms with van der Waals surface area (Å²) >= 11 is 3.63. The summed E-state index contributed by atoms with van der Waals surface area (Å²) in [7, 11) is 0. The highest BCUT2D eigenvalue weighted by atomic mass is 32.1. The van der Waals surface area contributed by atoms with Crippen molar-refractivity contribution in [2.45, 2.75) is 26.3 Å². The molecule has 0 fully saturated rings. The Kier molecular flexibility index (Phi) is 4.94. The van der Waals surface area contributed by atoms with Gasteiger partial charge in [-0.2, -0.15) is 0 Å². The van der Waals surface area contributed by atoms with Crippen LogP contribution in [0, 0.1) is 13.8 Å². The van der Waals surface area contributed by atoms with Crippen molar-refractivity contribution in [3.05, 3.63) is 73.6 Å². The zero-order valence-electron chi connectivity index (χ0n) is 15.0. The Hall–Kier alpha value is -1.95. The number of amides is 1. The van der Waals surface area contributed by atoms with Crippen molar-refractivity contribution < 1.29 is 9.69 Å². The number of thiophene rings is 2. The van der Waals surface area contributed by atoms with Gasteiger partial charge in [0.1, 0.15) is 6.04 Å². The molecule has 0 spiro atoms. The second kappa shape index (κ2) is 7.35. The Bertz CT molecular complexity index is 914. The van der Waals surface area contributed by atoms with E-state index in [1.807, 2.05) is 24.3 Å². The molecular weight excluding hydrogens is 360 g/mol. The van der Waals surface area contributed by atoms with Crippen molar-refractivity contribution in [2.75, 3.05) is 18.4 Å². The number of fused-ring (bicyclic) bond motifs is 1. The van der Waals surface area contributed by atoms with Gasteiger partial charge in [-0.1, -0.05) is 18.2 Å². The highest BCUT2D eigenvalue weighted by Gasteiger charge is 2.35. The molecule has 1 aliphatic heterocycles. The van der Waals surface area contributed by atoms with Gasteiger partial charge in [-0.3, -0.25) is 4.79 Å². The van der Waals surface area contributed by atoms with Gasteiger partial charge in [-0.15, -0.1) is 22.7 Å². The lowest BCUT2D eigenvalue weighted by atomic mass is 9.98. The van der Waals surface area contributed by atoms with Gasteiger partial charge >= 0.3 is 0 Å². The molecule has 0 saturated carbocycles. The van der Waals surface area contributed by atoms with E-state index in [0.717, 1.165) is 29.8 Å². The first-order valence-electron chi connectivity index (χ1n) is 8.93. The molecule has 4 rings (SSSR count). The van der Waals surface area contributed by atoms with E-state index in [1.54, 1.807) is 11.3 Å². The largest absolute Gasteiger partial charge is 0.321 e. The Morgan fingerprint density at radius 1 is 1.19 bits per heavy atom. The SMILES string of the molecule is Cc1ccc(C)c(NC(=O)C[NH+]2CCc3sccc3[C@@H]2c2cccs2)c1. The van der Waals surface area contributed by atoms with Crippen LogP contribution in [0.5, 0.6) is 0 Å². The summed E-state index contributed by atoms with van der Waals surface area (Å²) in [6.45, 7) is 5.58. The zero-order valence-corrected chi connectivity index (χ0v) is 16.7. The monoisotopic (exact) mass is 383 g/mol. The predicted octanol–water partition coefficient (Wildman–Crippen LogP) is 3.60. The minimum absolute atomic E-state index is 0.0916. The number of carbonyl (C=O) groups is 1. The van der Waals surface area contributed by atoms with Crippen molar-refractivity contribution in [3.8, 4) is 0 Å². The second-order valence-corrected chi connectivity index (χ2v) is 8.93. The standard InChI is InChI=1S/C21H22N2OS2/c1-14-5-6-15(2)17(12-14)22-20(24)13-23-9-7-18-16(8-11-26-18)21(23)19-4-3-10-25-19/h3-6,8,10-12,21H,7,9,13H2,1-2H3,(H,22,24)/p+1/t21-/m1/s1. The number of aryl methyl sites for hydroxylation is 2.